The smallest absolute Gasteiger partial charge is 0.269 e. The van der Waals surface area contributed by atoms with Gasteiger partial charge in [0.1, 0.15) is 5.82 Å². The highest BCUT2D eigenvalue weighted by Crippen LogP contribution is 2.29. The van der Waals surface area contributed by atoms with Gasteiger partial charge in [0.2, 0.25) is 0 Å². The van der Waals surface area contributed by atoms with Gasteiger partial charge in [-0.15, -0.1) is 0 Å². The summed E-state index contributed by atoms with van der Waals surface area (Å²) in [6.07, 6.45) is 1.60. The van der Waals surface area contributed by atoms with Crippen molar-refractivity contribution >= 4 is 51.9 Å². The van der Waals surface area contributed by atoms with Crippen molar-refractivity contribution in [2.75, 3.05) is 0 Å². The number of nitrogens with one attached hydrogen (secondary N) is 1. The largest absolute Gasteiger partial charge is 0.300 e. The molecule has 3 rings (SSSR count). The second kappa shape index (κ2) is 7.04. The number of hydrogen-bond acceptors (Lipinski definition) is 5. The maximum atomic E-state index is 13.2. The van der Waals surface area contributed by atoms with Crippen LogP contribution >= 0.6 is 23.4 Å². The first-order valence-corrected chi connectivity index (χ1v) is 8.11. The van der Waals surface area contributed by atoms with Crippen LogP contribution in [0, 0.1) is 15.9 Å². The summed E-state index contributed by atoms with van der Waals surface area (Å²) in [5.74, 6) is -0.886. The number of amides is 1. The summed E-state index contributed by atoms with van der Waals surface area (Å²) in [6.45, 7) is 0. The van der Waals surface area contributed by atoms with E-state index >= 15 is 0 Å². The third kappa shape index (κ3) is 4.04. The Morgan fingerprint density at radius 3 is 2.60 bits per heavy atom. The molecule has 1 aliphatic heterocycles. The lowest BCUT2D eigenvalue weighted by Gasteiger charge is -1.98. The highest BCUT2D eigenvalue weighted by Gasteiger charge is 2.24. The van der Waals surface area contributed by atoms with E-state index in [0.29, 0.717) is 21.3 Å². The van der Waals surface area contributed by atoms with Crippen molar-refractivity contribution in [3.63, 3.8) is 0 Å². The Hall–Kier alpha value is -2.71. The van der Waals surface area contributed by atoms with Gasteiger partial charge in [-0.25, -0.2) is 9.38 Å². The van der Waals surface area contributed by atoms with Crippen molar-refractivity contribution < 1.29 is 14.1 Å². The summed E-state index contributed by atoms with van der Waals surface area (Å²) in [5, 5.41) is 13.5. The molecule has 6 nitrogen and oxygen atoms in total. The van der Waals surface area contributed by atoms with Gasteiger partial charge in [0.15, 0.2) is 5.17 Å². The number of hydrogen-bond donors (Lipinski definition) is 1. The first-order valence-electron chi connectivity index (χ1n) is 6.91. The van der Waals surface area contributed by atoms with Gasteiger partial charge in [-0.1, -0.05) is 11.6 Å². The van der Waals surface area contributed by atoms with Crippen LogP contribution in [0.5, 0.6) is 0 Å². The van der Waals surface area contributed by atoms with Crippen LogP contribution in [0.4, 0.5) is 15.8 Å². The number of amidine groups is 1. The molecular weight excluding hydrogens is 369 g/mol. The molecule has 1 aliphatic rings. The van der Waals surface area contributed by atoms with Crippen molar-refractivity contribution in [3.05, 3.63) is 73.9 Å². The van der Waals surface area contributed by atoms with Crippen LogP contribution in [0.2, 0.25) is 5.02 Å². The number of rotatable bonds is 3. The van der Waals surface area contributed by atoms with Gasteiger partial charge in [-0.05, 0) is 53.7 Å². The number of nitro benzene ring substituents is 1. The third-order valence-electron chi connectivity index (χ3n) is 3.19. The Labute approximate surface area is 150 Å². The summed E-state index contributed by atoms with van der Waals surface area (Å²) in [4.78, 5) is 26.7. The Bertz CT molecular complexity index is 929. The fourth-order valence-electron chi connectivity index (χ4n) is 2.00. The van der Waals surface area contributed by atoms with E-state index in [2.05, 4.69) is 10.3 Å². The molecule has 1 N–H and O–H groups in total. The molecular formula is C16H9ClFN3O3S. The molecule has 0 spiro atoms. The fourth-order valence-corrected chi connectivity index (χ4v) is 3.01. The van der Waals surface area contributed by atoms with Gasteiger partial charge >= 0.3 is 0 Å². The first-order chi connectivity index (χ1) is 11.9. The maximum Gasteiger partial charge on any atom is 0.269 e. The SMILES string of the molecule is O=C1NC(=Nc2ccc(F)c(Cl)c2)S/C1=C\c1ccc([N+](=O)[O-])cc1. The van der Waals surface area contributed by atoms with Gasteiger partial charge in [-0.2, -0.15) is 0 Å². The molecule has 126 valence electrons. The standard InChI is InChI=1S/C16H9ClFN3O3S/c17-12-8-10(3-6-13(12)18)19-16-20-15(22)14(25-16)7-9-1-4-11(5-2-9)21(23)24/h1-8H,(H,19,20,22)/b14-7-. The molecule has 2 aromatic rings. The molecule has 0 saturated carbocycles. The Morgan fingerprint density at radius 2 is 1.96 bits per heavy atom. The Balaban J connectivity index is 1.80. The topological polar surface area (TPSA) is 84.6 Å². The van der Waals surface area contributed by atoms with E-state index in [1.54, 1.807) is 18.2 Å². The van der Waals surface area contributed by atoms with Crippen molar-refractivity contribution in [1.82, 2.24) is 5.32 Å². The van der Waals surface area contributed by atoms with E-state index in [9.17, 15) is 19.3 Å². The molecule has 0 radical (unpaired) electrons. The van der Waals surface area contributed by atoms with Crippen molar-refractivity contribution in [2.24, 2.45) is 4.99 Å². The monoisotopic (exact) mass is 377 g/mol. The number of carbonyl (C=O) groups is 1. The second-order valence-electron chi connectivity index (χ2n) is 4.93. The van der Waals surface area contributed by atoms with E-state index in [1.165, 1.54) is 30.3 Å². The molecule has 25 heavy (non-hydrogen) atoms. The maximum absolute atomic E-state index is 13.2. The zero-order valence-corrected chi connectivity index (χ0v) is 14.0. The lowest BCUT2D eigenvalue weighted by molar-refractivity contribution is -0.384. The second-order valence-corrected chi connectivity index (χ2v) is 6.37. The van der Waals surface area contributed by atoms with Gasteiger partial charge in [0.25, 0.3) is 11.6 Å². The van der Waals surface area contributed by atoms with Crippen LogP contribution in [-0.4, -0.2) is 16.0 Å². The van der Waals surface area contributed by atoms with Crippen LogP contribution in [0.25, 0.3) is 6.08 Å². The summed E-state index contributed by atoms with van der Waals surface area (Å²) in [7, 11) is 0. The third-order valence-corrected chi connectivity index (χ3v) is 4.39. The number of carbonyl (C=O) groups excluding carboxylic acids is 1. The fraction of sp³-hybridized carbons (Fsp3) is 0. The lowest BCUT2D eigenvalue weighted by atomic mass is 10.2. The van der Waals surface area contributed by atoms with Crippen LogP contribution < -0.4 is 5.32 Å². The number of benzene rings is 2. The zero-order chi connectivity index (χ0) is 18.0. The van der Waals surface area contributed by atoms with Crippen molar-refractivity contribution in [3.8, 4) is 0 Å². The van der Waals surface area contributed by atoms with E-state index in [4.69, 9.17) is 11.6 Å². The highest BCUT2D eigenvalue weighted by atomic mass is 35.5. The number of thioether (sulfide) groups is 1. The van der Waals surface area contributed by atoms with Crippen molar-refractivity contribution in [1.29, 1.82) is 0 Å². The molecule has 9 heteroatoms. The predicted octanol–water partition coefficient (Wildman–Crippen LogP) is 4.28. The number of nitro groups is 1. The van der Waals surface area contributed by atoms with E-state index in [0.717, 1.165) is 11.8 Å². The lowest BCUT2D eigenvalue weighted by Crippen LogP contribution is -2.19. The summed E-state index contributed by atoms with van der Waals surface area (Å²) in [5.41, 5.74) is 1.03. The average Bonchev–Trinajstić information content (AvgIpc) is 2.91. The normalized spacial score (nSPS) is 17.1. The summed E-state index contributed by atoms with van der Waals surface area (Å²) >= 11 is 6.81. The molecule has 0 aromatic heterocycles. The molecule has 1 heterocycles. The van der Waals surface area contributed by atoms with Gasteiger partial charge in [-0.3, -0.25) is 14.9 Å². The molecule has 2 aromatic carbocycles. The van der Waals surface area contributed by atoms with Gasteiger partial charge in [0, 0.05) is 12.1 Å². The van der Waals surface area contributed by atoms with Crippen LogP contribution in [0.1, 0.15) is 5.56 Å². The van der Waals surface area contributed by atoms with Crippen LogP contribution in [0.3, 0.4) is 0 Å². The number of nitrogens with zero attached hydrogens (tertiary/aromatic N) is 2. The molecule has 0 atom stereocenters. The minimum Gasteiger partial charge on any atom is -0.300 e. The van der Waals surface area contributed by atoms with E-state index < -0.39 is 10.7 Å². The number of non-ortho nitro benzene ring substituents is 1. The Morgan fingerprint density at radius 1 is 1.24 bits per heavy atom. The molecule has 1 amide bonds. The van der Waals surface area contributed by atoms with Crippen molar-refractivity contribution in [2.45, 2.75) is 0 Å². The molecule has 0 aliphatic carbocycles. The van der Waals surface area contributed by atoms with Crippen LogP contribution in [-0.2, 0) is 4.79 Å². The molecule has 1 fully saturated rings. The van der Waals surface area contributed by atoms with Gasteiger partial charge in [0.05, 0.1) is 20.5 Å². The summed E-state index contributed by atoms with van der Waals surface area (Å²) < 4.78 is 13.2. The minimum absolute atomic E-state index is 0.0267. The van der Waals surface area contributed by atoms with E-state index in [1.807, 2.05) is 0 Å². The van der Waals surface area contributed by atoms with E-state index in [-0.39, 0.29) is 16.6 Å². The number of halogens is 2. The Kier molecular flexibility index (Phi) is 4.82. The molecule has 0 bridgehead atoms. The summed E-state index contributed by atoms with van der Waals surface area (Å²) in [6, 6.07) is 9.81. The van der Waals surface area contributed by atoms with Gasteiger partial charge < -0.3 is 5.32 Å². The number of aliphatic imine (C=N–C) groups is 1. The molecule has 0 unspecified atom stereocenters. The quantitative estimate of drug-likeness (QED) is 0.491. The predicted molar refractivity (Wildman–Crippen MR) is 95.3 cm³/mol. The van der Waals surface area contributed by atoms with Crippen LogP contribution in [0.15, 0.2) is 52.4 Å². The minimum atomic E-state index is -0.549. The molecule has 1 saturated heterocycles. The highest BCUT2D eigenvalue weighted by molar-refractivity contribution is 8.18. The first kappa shape index (κ1) is 17.1. The average molecular weight is 378 g/mol. The zero-order valence-electron chi connectivity index (χ0n) is 12.4.